The van der Waals surface area contributed by atoms with Crippen molar-refractivity contribution >= 4 is 17.5 Å². The lowest BCUT2D eigenvalue weighted by Crippen LogP contribution is -2.29. The van der Waals surface area contributed by atoms with Crippen LogP contribution in [-0.4, -0.2) is 44.4 Å². The molecular formula is C14H20N4O3. The van der Waals surface area contributed by atoms with Crippen LogP contribution in [0.2, 0.25) is 0 Å². The summed E-state index contributed by atoms with van der Waals surface area (Å²) in [5.74, 6) is 0.0881. The molecule has 0 amide bonds. The molecule has 1 aromatic heterocycles. The van der Waals surface area contributed by atoms with Gasteiger partial charge in [0.25, 0.3) is 0 Å². The van der Waals surface area contributed by atoms with Gasteiger partial charge in [-0.1, -0.05) is 0 Å². The van der Waals surface area contributed by atoms with Crippen molar-refractivity contribution in [2.45, 2.75) is 13.3 Å². The summed E-state index contributed by atoms with van der Waals surface area (Å²) in [7, 11) is 1.60. The van der Waals surface area contributed by atoms with Gasteiger partial charge in [0.05, 0.1) is 43.2 Å². The van der Waals surface area contributed by atoms with Crippen molar-refractivity contribution in [2.75, 3.05) is 44.0 Å². The molecule has 114 valence electrons. The molecule has 7 heteroatoms. The summed E-state index contributed by atoms with van der Waals surface area (Å²) >= 11 is 0. The van der Waals surface area contributed by atoms with Crippen LogP contribution in [0.15, 0.2) is 12.3 Å². The molecule has 0 aliphatic rings. The molecule has 1 heterocycles. The van der Waals surface area contributed by atoms with Crippen LogP contribution in [-0.2, 0) is 9.47 Å². The summed E-state index contributed by atoms with van der Waals surface area (Å²) < 4.78 is 10.0. The van der Waals surface area contributed by atoms with Crippen molar-refractivity contribution < 1.29 is 14.3 Å². The van der Waals surface area contributed by atoms with Crippen molar-refractivity contribution in [3.05, 3.63) is 17.8 Å². The van der Waals surface area contributed by atoms with Gasteiger partial charge in [-0.25, -0.2) is 9.78 Å². The Morgan fingerprint density at radius 3 is 2.90 bits per heavy atom. The predicted molar refractivity (Wildman–Crippen MR) is 78.9 cm³/mol. The van der Waals surface area contributed by atoms with Crippen LogP contribution >= 0.6 is 0 Å². The number of nitrogen functional groups attached to an aromatic ring is 1. The van der Waals surface area contributed by atoms with Gasteiger partial charge in [-0.05, 0) is 13.0 Å². The second-order valence-electron chi connectivity index (χ2n) is 4.24. The van der Waals surface area contributed by atoms with E-state index in [2.05, 4.69) is 11.1 Å². The van der Waals surface area contributed by atoms with Crippen LogP contribution < -0.4 is 10.6 Å². The molecule has 0 bridgehead atoms. The molecule has 0 saturated heterocycles. The van der Waals surface area contributed by atoms with E-state index < -0.39 is 5.97 Å². The van der Waals surface area contributed by atoms with E-state index in [1.807, 2.05) is 4.90 Å². The van der Waals surface area contributed by atoms with Crippen LogP contribution in [0.3, 0.4) is 0 Å². The summed E-state index contributed by atoms with van der Waals surface area (Å²) in [4.78, 5) is 17.9. The second-order valence-corrected chi connectivity index (χ2v) is 4.24. The number of carbonyl (C=O) groups excluding carboxylic acids is 1. The van der Waals surface area contributed by atoms with Crippen molar-refractivity contribution in [3.8, 4) is 6.07 Å². The van der Waals surface area contributed by atoms with Gasteiger partial charge in [0.1, 0.15) is 5.82 Å². The zero-order chi connectivity index (χ0) is 15.7. The lowest BCUT2D eigenvalue weighted by molar-refractivity contribution is 0.0527. The number of nitrogens with two attached hydrogens (primary N) is 1. The minimum Gasteiger partial charge on any atom is -0.462 e. The van der Waals surface area contributed by atoms with Crippen LogP contribution in [0.1, 0.15) is 23.7 Å². The van der Waals surface area contributed by atoms with E-state index in [1.54, 1.807) is 20.1 Å². The molecule has 2 N–H and O–H groups in total. The number of rotatable bonds is 8. The summed E-state index contributed by atoms with van der Waals surface area (Å²) in [6.07, 6.45) is 1.78. The van der Waals surface area contributed by atoms with Gasteiger partial charge < -0.3 is 20.1 Å². The van der Waals surface area contributed by atoms with Crippen molar-refractivity contribution in [2.24, 2.45) is 0 Å². The van der Waals surface area contributed by atoms with E-state index in [4.69, 9.17) is 20.5 Å². The molecule has 0 unspecified atom stereocenters. The van der Waals surface area contributed by atoms with Crippen molar-refractivity contribution in [1.29, 1.82) is 5.26 Å². The molecule has 0 fully saturated rings. The average Bonchev–Trinajstić information content (AvgIpc) is 2.48. The Morgan fingerprint density at radius 2 is 2.29 bits per heavy atom. The highest BCUT2D eigenvalue weighted by Gasteiger charge is 2.15. The fraction of sp³-hybridized carbons (Fsp3) is 0.500. The minimum absolute atomic E-state index is 0.268. The summed E-state index contributed by atoms with van der Waals surface area (Å²) in [6, 6.07) is 3.67. The smallest absolute Gasteiger partial charge is 0.340 e. The Hall–Kier alpha value is -2.33. The van der Waals surface area contributed by atoms with E-state index in [0.29, 0.717) is 31.9 Å². The molecule has 0 aromatic carbocycles. The Kier molecular flexibility index (Phi) is 6.98. The van der Waals surface area contributed by atoms with E-state index in [9.17, 15) is 4.79 Å². The highest BCUT2D eigenvalue weighted by molar-refractivity contribution is 5.95. The molecule has 0 saturated carbocycles. The third-order valence-electron chi connectivity index (χ3n) is 2.80. The number of anilines is 2. The first-order valence-corrected chi connectivity index (χ1v) is 6.67. The summed E-state index contributed by atoms with van der Waals surface area (Å²) in [6.45, 7) is 3.56. The number of esters is 1. The molecule has 0 radical (unpaired) electrons. The predicted octanol–water partition coefficient (Wildman–Crippen LogP) is 1.21. The molecule has 7 nitrogen and oxygen atoms in total. The van der Waals surface area contributed by atoms with Crippen molar-refractivity contribution in [1.82, 2.24) is 4.98 Å². The zero-order valence-electron chi connectivity index (χ0n) is 12.3. The van der Waals surface area contributed by atoms with Crippen LogP contribution in [0.25, 0.3) is 0 Å². The molecule has 0 aliphatic carbocycles. The van der Waals surface area contributed by atoms with E-state index in [1.165, 1.54) is 6.20 Å². The Bertz CT molecular complexity index is 513. The van der Waals surface area contributed by atoms with Gasteiger partial charge in [-0.3, -0.25) is 0 Å². The topological polar surface area (TPSA) is 101 Å². The monoisotopic (exact) mass is 292 g/mol. The van der Waals surface area contributed by atoms with Gasteiger partial charge in [-0.2, -0.15) is 5.26 Å². The number of ether oxygens (including phenoxy) is 2. The van der Waals surface area contributed by atoms with E-state index in [0.717, 1.165) is 0 Å². The van der Waals surface area contributed by atoms with Gasteiger partial charge in [0, 0.05) is 20.2 Å². The first-order valence-electron chi connectivity index (χ1n) is 6.67. The average molecular weight is 292 g/mol. The maximum atomic E-state index is 11.8. The Balaban J connectivity index is 2.99. The van der Waals surface area contributed by atoms with Gasteiger partial charge >= 0.3 is 5.97 Å². The Morgan fingerprint density at radius 1 is 1.52 bits per heavy atom. The maximum Gasteiger partial charge on any atom is 0.340 e. The third kappa shape index (κ3) is 4.93. The third-order valence-corrected chi connectivity index (χ3v) is 2.80. The van der Waals surface area contributed by atoms with Crippen LogP contribution in [0, 0.1) is 11.3 Å². The lowest BCUT2D eigenvalue weighted by Gasteiger charge is -2.23. The zero-order valence-corrected chi connectivity index (χ0v) is 12.3. The molecule has 1 aromatic rings. The number of hydrogen-bond donors (Lipinski definition) is 1. The summed E-state index contributed by atoms with van der Waals surface area (Å²) in [5, 5.41) is 8.72. The van der Waals surface area contributed by atoms with E-state index in [-0.39, 0.29) is 17.9 Å². The lowest BCUT2D eigenvalue weighted by atomic mass is 10.2. The van der Waals surface area contributed by atoms with Gasteiger partial charge in [0.15, 0.2) is 0 Å². The quantitative estimate of drug-likeness (QED) is 0.718. The summed E-state index contributed by atoms with van der Waals surface area (Å²) in [5.41, 5.74) is 6.31. The van der Waals surface area contributed by atoms with Gasteiger partial charge in [0.2, 0.25) is 0 Å². The number of methoxy groups -OCH3 is 1. The number of nitrogens with zero attached hydrogens (tertiary/aromatic N) is 3. The highest BCUT2D eigenvalue weighted by Crippen LogP contribution is 2.19. The van der Waals surface area contributed by atoms with Crippen LogP contribution in [0.4, 0.5) is 11.5 Å². The molecule has 0 atom stereocenters. The second kappa shape index (κ2) is 8.76. The molecule has 0 aliphatic heterocycles. The standard InChI is InChI=1S/C14H20N4O3/c1-3-21-14(19)11-9-13(17-10-12(11)16)18(6-4-5-15)7-8-20-2/h9-10H,3-4,6-8,16H2,1-2H3. The number of aromatic nitrogens is 1. The first kappa shape index (κ1) is 16.7. The minimum atomic E-state index is -0.481. The highest BCUT2D eigenvalue weighted by atomic mass is 16.5. The number of hydrogen-bond acceptors (Lipinski definition) is 7. The Labute approximate surface area is 124 Å². The largest absolute Gasteiger partial charge is 0.462 e. The first-order chi connectivity index (χ1) is 10.1. The number of carbonyl (C=O) groups is 1. The normalized spacial score (nSPS) is 9.95. The molecule has 0 spiro atoms. The number of pyridine rings is 1. The number of nitriles is 1. The molecular weight excluding hydrogens is 272 g/mol. The van der Waals surface area contributed by atoms with Gasteiger partial charge in [-0.15, -0.1) is 0 Å². The molecule has 21 heavy (non-hydrogen) atoms. The van der Waals surface area contributed by atoms with Crippen LogP contribution in [0.5, 0.6) is 0 Å². The fourth-order valence-electron chi connectivity index (χ4n) is 1.74. The molecule has 1 rings (SSSR count). The fourth-order valence-corrected chi connectivity index (χ4v) is 1.74. The van der Waals surface area contributed by atoms with E-state index >= 15 is 0 Å². The maximum absolute atomic E-state index is 11.8. The van der Waals surface area contributed by atoms with Crippen molar-refractivity contribution in [3.63, 3.8) is 0 Å². The SMILES string of the molecule is CCOC(=O)c1cc(N(CCC#N)CCOC)ncc1N.